The third kappa shape index (κ3) is 4.48. The summed E-state index contributed by atoms with van der Waals surface area (Å²) >= 11 is 7.43. The van der Waals surface area contributed by atoms with E-state index in [4.69, 9.17) is 16.3 Å². The normalized spacial score (nSPS) is 15.9. The van der Waals surface area contributed by atoms with Crippen LogP contribution in [-0.2, 0) is 9.53 Å². The van der Waals surface area contributed by atoms with Crippen molar-refractivity contribution in [2.75, 3.05) is 39.5 Å². The number of rotatable bonds is 5. The number of amides is 1. The number of carbonyl (C=O) groups excluding carboxylic acids is 2. The second-order valence-electron chi connectivity index (χ2n) is 6.37. The molecule has 1 aromatic carbocycles. The summed E-state index contributed by atoms with van der Waals surface area (Å²) in [7, 11) is 1.39. The zero-order valence-corrected chi connectivity index (χ0v) is 17.4. The summed E-state index contributed by atoms with van der Waals surface area (Å²) in [6, 6.07) is 10.3. The molecule has 1 atom stereocenters. The van der Waals surface area contributed by atoms with Gasteiger partial charge in [0, 0.05) is 37.4 Å². The Hall–Kier alpha value is -2.09. The quantitative estimate of drug-likeness (QED) is 0.548. The Morgan fingerprint density at radius 3 is 2.43 bits per heavy atom. The van der Waals surface area contributed by atoms with Crippen LogP contribution in [0.3, 0.4) is 0 Å². The molecule has 1 aromatic heterocycles. The summed E-state index contributed by atoms with van der Waals surface area (Å²) in [6.07, 6.45) is 3.59. The van der Waals surface area contributed by atoms with Crippen LogP contribution in [0.2, 0.25) is 5.02 Å². The average Bonchev–Trinajstić information content (AvgIpc) is 2.75. The Balaban J connectivity index is 1.73. The van der Waals surface area contributed by atoms with E-state index >= 15 is 0 Å². The minimum absolute atomic E-state index is 0.0294. The molecule has 0 spiro atoms. The van der Waals surface area contributed by atoms with Gasteiger partial charge in [0.1, 0.15) is 11.1 Å². The van der Waals surface area contributed by atoms with Gasteiger partial charge in [-0.05, 0) is 36.1 Å². The molecule has 3 rings (SSSR count). The molecule has 1 amide bonds. The molecule has 148 valence electrons. The van der Waals surface area contributed by atoms with Gasteiger partial charge in [0.15, 0.2) is 0 Å². The van der Waals surface area contributed by atoms with Gasteiger partial charge in [-0.15, -0.1) is 11.8 Å². The number of aromatic nitrogens is 1. The summed E-state index contributed by atoms with van der Waals surface area (Å²) < 4.78 is 5.02. The van der Waals surface area contributed by atoms with Gasteiger partial charge < -0.3 is 9.64 Å². The van der Waals surface area contributed by atoms with Crippen LogP contribution in [0, 0.1) is 0 Å². The second kappa shape index (κ2) is 9.41. The number of methoxy groups -OCH3 is 1. The summed E-state index contributed by atoms with van der Waals surface area (Å²) in [5.41, 5.74) is 1.44. The zero-order chi connectivity index (χ0) is 20.1. The highest BCUT2D eigenvalue weighted by Crippen LogP contribution is 2.26. The molecular weight excluding hydrogens is 398 g/mol. The number of pyridine rings is 1. The van der Waals surface area contributed by atoms with Crippen LogP contribution in [0.4, 0.5) is 0 Å². The summed E-state index contributed by atoms with van der Waals surface area (Å²) in [4.78, 5) is 33.4. The first-order valence-electron chi connectivity index (χ1n) is 8.90. The fraction of sp³-hybridized carbons (Fsp3) is 0.350. The molecule has 0 saturated carbocycles. The molecule has 0 bridgehead atoms. The van der Waals surface area contributed by atoms with Crippen molar-refractivity contribution in [3.05, 3.63) is 58.7 Å². The van der Waals surface area contributed by atoms with Crippen molar-refractivity contribution in [3.8, 4) is 0 Å². The lowest BCUT2D eigenvalue weighted by Gasteiger charge is -2.38. The van der Waals surface area contributed by atoms with E-state index in [1.165, 1.54) is 18.9 Å². The lowest BCUT2D eigenvalue weighted by Crippen LogP contribution is -2.51. The van der Waals surface area contributed by atoms with Gasteiger partial charge in [0.25, 0.3) is 5.91 Å². The van der Waals surface area contributed by atoms with E-state index in [2.05, 4.69) is 4.98 Å². The lowest BCUT2D eigenvalue weighted by atomic mass is 10.0. The molecule has 6 nitrogen and oxygen atoms in total. The number of thioether (sulfide) groups is 1. The van der Waals surface area contributed by atoms with Crippen molar-refractivity contribution in [2.24, 2.45) is 0 Å². The Kier molecular flexibility index (Phi) is 6.93. The van der Waals surface area contributed by atoms with Gasteiger partial charge in [-0.3, -0.25) is 9.69 Å². The van der Waals surface area contributed by atoms with E-state index in [9.17, 15) is 9.59 Å². The molecule has 28 heavy (non-hydrogen) atoms. The van der Waals surface area contributed by atoms with Gasteiger partial charge in [-0.25, -0.2) is 9.78 Å². The van der Waals surface area contributed by atoms with Crippen LogP contribution in [0.15, 0.2) is 47.6 Å². The van der Waals surface area contributed by atoms with Crippen LogP contribution in [-0.4, -0.2) is 66.2 Å². The number of piperazine rings is 1. The number of carbonyl (C=O) groups is 2. The van der Waals surface area contributed by atoms with Crippen LogP contribution in [0.5, 0.6) is 0 Å². The molecule has 2 heterocycles. The Morgan fingerprint density at radius 2 is 1.82 bits per heavy atom. The van der Waals surface area contributed by atoms with Gasteiger partial charge in [-0.1, -0.05) is 23.7 Å². The fourth-order valence-corrected chi connectivity index (χ4v) is 3.99. The molecule has 0 unspecified atom stereocenters. The minimum Gasteiger partial charge on any atom is -0.468 e. The van der Waals surface area contributed by atoms with Crippen molar-refractivity contribution in [1.29, 1.82) is 0 Å². The topological polar surface area (TPSA) is 62.7 Å². The van der Waals surface area contributed by atoms with Crippen molar-refractivity contribution in [3.63, 3.8) is 0 Å². The number of benzene rings is 1. The highest BCUT2D eigenvalue weighted by molar-refractivity contribution is 7.98. The maximum Gasteiger partial charge on any atom is 0.327 e. The average molecular weight is 420 g/mol. The van der Waals surface area contributed by atoms with Gasteiger partial charge in [0.05, 0.1) is 12.7 Å². The van der Waals surface area contributed by atoms with Crippen molar-refractivity contribution in [2.45, 2.75) is 11.1 Å². The van der Waals surface area contributed by atoms with E-state index < -0.39 is 6.04 Å². The first kappa shape index (κ1) is 20.6. The number of nitrogens with zero attached hydrogens (tertiary/aromatic N) is 3. The Labute approximate surface area is 173 Å². The highest BCUT2D eigenvalue weighted by atomic mass is 35.5. The summed E-state index contributed by atoms with van der Waals surface area (Å²) in [6.45, 7) is 2.21. The monoisotopic (exact) mass is 419 g/mol. The molecule has 1 aliphatic rings. The summed E-state index contributed by atoms with van der Waals surface area (Å²) in [5.74, 6) is -0.350. The largest absolute Gasteiger partial charge is 0.468 e. The van der Waals surface area contributed by atoms with Crippen molar-refractivity contribution >= 4 is 35.2 Å². The molecule has 0 radical (unpaired) electrons. The number of esters is 1. The maximum absolute atomic E-state index is 12.9. The van der Waals surface area contributed by atoms with Crippen LogP contribution >= 0.6 is 23.4 Å². The molecule has 0 N–H and O–H groups in total. The first-order valence-corrected chi connectivity index (χ1v) is 10.5. The predicted octanol–water partition coefficient (Wildman–Crippen LogP) is 3.13. The number of hydrogen-bond donors (Lipinski definition) is 0. The van der Waals surface area contributed by atoms with Crippen LogP contribution in [0.1, 0.15) is 22.0 Å². The lowest BCUT2D eigenvalue weighted by molar-refractivity contribution is -0.148. The van der Waals surface area contributed by atoms with Crippen LogP contribution in [0.25, 0.3) is 0 Å². The van der Waals surface area contributed by atoms with E-state index in [1.807, 2.05) is 28.2 Å². The molecule has 1 saturated heterocycles. The first-order chi connectivity index (χ1) is 13.5. The fourth-order valence-electron chi connectivity index (χ4n) is 3.32. The zero-order valence-electron chi connectivity index (χ0n) is 15.8. The molecular formula is C20H22ClN3O3S. The van der Waals surface area contributed by atoms with E-state index in [-0.39, 0.29) is 11.9 Å². The van der Waals surface area contributed by atoms with Crippen molar-refractivity contribution in [1.82, 2.24) is 14.8 Å². The van der Waals surface area contributed by atoms with Crippen molar-refractivity contribution < 1.29 is 14.3 Å². The predicted molar refractivity (Wildman–Crippen MR) is 110 cm³/mol. The highest BCUT2D eigenvalue weighted by Gasteiger charge is 2.33. The van der Waals surface area contributed by atoms with E-state index in [0.29, 0.717) is 36.8 Å². The number of halogens is 1. The Morgan fingerprint density at radius 1 is 1.14 bits per heavy atom. The standard InChI is InChI=1S/C20H22ClN3O3S/c1-27-20(26)17(14-5-7-15(21)8-6-14)23-10-12-24(13-11-23)19(25)16-4-3-9-22-18(16)28-2/h3-9,17H,10-13H2,1-2H3/t17-/m1/s1. The third-order valence-electron chi connectivity index (χ3n) is 4.77. The maximum atomic E-state index is 12.9. The van der Waals surface area contributed by atoms with E-state index in [1.54, 1.807) is 30.5 Å². The van der Waals surface area contributed by atoms with Gasteiger partial charge >= 0.3 is 5.97 Å². The molecule has 8 heteroatoms. The molecule has 2 aromatic rings. The SMILES string of the molecule is COC(=O)[C@@H](c1ccc(Cl)cc1)N1CCN(C(=O)c2cccnc2SC)CC1. The molecule has 1 fully saturated rings. The third-order valence-corrected chi connectivity index (χ3v) is 5.74. The van der Waals surface area contributed by atoms with Crippen LogP contribution < -0.4 is 0 Å². The van der Waals surface area contributed by atoms with Gasteiger partial charge in [0.2, 0.25) is 0 Å². The second-order valence-corrected chi connectivity index (χ2v) is 7.60. The molecule has 1 aliphatic heterocycles. The summed E-state index contributed by atoms with van der Waals surface area (Å²) in [5, 5.41) is 1.34. The smallest absolute Gasteiger partial charge is 0.327 e. The number of ether oxygens (including phenoxy) is 1. The number of hydrogen-bond acceptors (Lipinski definition) is 6. The van der Waals surface area contributed by atoms with E-state index in [0.717, 1.165) is 10.6 Å². The Bertz CT molecular complexity index is 839. The van der Waals surface area contributed by atoms with Gasteiger partial charge in [-0.2, -0.15) is 0 Å². The molecule has 0 aliphatic carbocycles. The minimum atomic E-state index is -0.514.